The van der Waals surface area contributed by atoms with Gasteiger partial charge in [0.25, 0.3) is 0 Å². The summed E-state index contributed by atoms with van der Waals surface area (Å²) in [5.41, 5.74) is 1.23. The lowest BCUT2D eigenvalue weighted by atomic mass is 10.3. The van der Waals surface area contributed by atoms with Gasteiger partial charge < -0.3 is 10.6 Å². The predicted molar refractivity (Wildman–Crippen MR) is 125 cm³/mol. The number of aryl methyl sites for hydroxylation is 3. The van der Waals surface area contributed by atoms with Gasteiger partial charge in [-0.15, -0.1) is 46.7 Å². The zero-order valence-electron chi connectivity index (χ0n) is 16.1. The SMILES string of the molecule is CCNC(=NCCc1nc(CC)c(C)s1)NCCc1ncc(CC)s1.I. The van der Waals surface area contributed by atoms with Gasteiger partial charge in [0, 0.05) is 48.4 Å². The number of thiazole rings is 2. The molecule has 0 saturated heterocycles. The summed E-state index contributed by atoms with van der Waals surface area (Å²) in [4.78, 5) is 16.5. The monoisotopic (exact) mass is 507 g/mol. The highest BCUT2D eigenvalue weighted by Gasteiger charge is 2.06. The molecule has 0 aliphatic carbocycles. The molecule has 2 aromatic rings. The lowest BCUT2D eigenvalue weighted by Gasteiger charge is -2.10. The van der Waals surface area contributed by atoms with Gasteiger partial charge in [0.1, 0.15) is 0 Å². The Balaban J connectivity index is 0.00000338. The first kappa shape index (κ1) is 23.3. The highest BCUT2D eigenvalue weighted by Crippen LogP contribution is 2.18. The summed E-state index contributed by atoms with van der Waals surface area (Å²) in [7, 11) is 0. The van der Waals surface area contributed by atoms with E-state index in [1.807, 2.05) is 6.20 Å². The minimum Gasteiger partial charge on any atom is -0.357 e. The Hall–Kier alpha value is -0.740. The predicted octanol–water partition coefficient (Wildman–Crippen LogP) is 3.99. The van der Waals surface area contributed by atoms with Crippen LogP contribution in [0, 0.1) is 6.92 Å². The number of aromatic nitrogens is 2. The summed E-state index contributed by atoms with van der Waals surface area (Å²) < 4.78 is 0. The third-order valence-corrected chi connectivity index (χ3v) is 6.07. The molecular formula is C18H30IN5S2. The van der Waals surface area contributed by atoms with Crippen LogP contribution in [0.3, 0.4) is 0 Å². The van der Waals surface area contributed by atoms with E-state index in [1.54, 1.807) is 22.7 Å². The van der Waals surface area contributed by atoms with Crippen molar-refractivity contribution >= 4 is 52.6 Å². The fourth-order valence-corrected chi connectivity index (χ4v) is 4.31. The molecule has 2 rings (SSSR count). The standard InChI is InChI=1S/C18H29N5S2.HI/c1-5-14-12-22-16(25-14)8-10-20-18(19-7-3)21-11-9-17-23-15(6-2)13(4)24-17;/h12H,5-11H2,1-4H3,(H2,19,20,21);1H. The molecule has 0 amide bonds. The number of hydrogen-bond donors (Lipinski definition) is 2. The number of nitrogens with zero attached hydrogens (tertiary/aromatic N) is 3. The van der Waals surface area contributed by atoms with Crippen LogP contribution >= 0.6 is 46.7 Å². The van der Waals surface area contributed by atoms with E-state index in [9.17, 15) is 0 Å². The molecule has 0 fully saturated rings. The summed E-state index contributed by atoms with van der Waals surface area (Å²) in [5.74, 6) is 0.874. The molecule has 0 aromatic carbocycles. The maximum absolute atomic E-state index is 4.68. The van der Waals surface area contributed by atoms with Crippen LogP contribution in [0.25, 0.3) is 0 Å². The van der Waals surface area contributed by atoms with Gasteiger partial charge in [0.2, 0.25) is 0 Å². The Morgan fingerprint density at radius 2 is 1.88 bits per heavy atom. The van der Waals surface area contributed by atoms with Crippen LogP contribution < -0.4 is 10.6 Å². The molecule has 2 aromatic heterocycles. The average Bonchev–Trinajstić information content (AvgIpc) is 3.21. The summed E-state index contributed by atoms with van der Waals surface area (Å²) in [6, 6.07) is 0. The molecule has 2 N–H and O–H groups in total. The highest BCUT2D eigenvalue weighted by molar-refractivity contribution is 14.0. The fourth-order valence-electron chi connectivity index (χ4n) is 2.44. The van der Waals surface area contributed by atoms with Crippen molar-refractivity contribution in [2.45, 2.75) is 53.4 Å². The van der Waals surface area contributed by atoms with Crippen molar-refractivity contribution in [1.29, 1.82) is 0 Å². The number of halogens is 1. The molecule has 8 heteroatoms. The smallest absolute Gasteiger partial charge is 0.191 e. The molecule has 0 atom stereocenters. The number of aliphatic imine (C=N–C) groups is 1. The van der Waals surface area contributed by atoms with Crippen molar-refractivity contribution in [3.8, 4) is 0 Å². The van der Waals surface area contributed by atoms with E-state index in [2.05, 4.69) is 53.3 Å². The average molecular weight is 508 g/mol. The van der Waals surface area contributed by atoms with Crippen molar-refractivity contribution in [1.82, 2.24) is 20.6 Å². The van der Waals surface area contributed by atoms with E-state index in [4.69, 9.17) is 0 Å². The molecule has 0 aliphatic rings. The number of nitrogens with one attached hydrogen (secondary N) is 2. The summed E-state index contributed by atoms with van der Waals surface area (Å²) in [6.45, 7) is 11.0. The van der Waals surface area contributed by atoms with Gasteiger partial charge in [-0.2, -0.15) is 0 Å². The molecule has 0 bridgehead atoms. The first-order valence-electron chi connectivity index (χ1n) is 9.07. The maximum atomic E-state index is 4.68. The van der Waals surface area contributed by atoms with Gasteiger partial charge in [-0.25, -0.2) is 9.97 Å². The third kappa shape index (κ3) is 7.48. The minimum absolute atomic E-state index is 0. The Kier molecular flexibility index (Phi) is 11.3. The van der Waals surface area contributed by atoms with E-state index >= 15 is 0 Å². The van der Waals surface area contributed by atoms with Crippen molar-refractivity contribution < 1.29 is 0 Å². The highest BCUT2D eigenvalue weighted by atomic mass is 127. The second kappa shape index (κ2) is 12.6. The first-order chi connectivity index (χ1) is 12.2. The Bertz CT molecular complexity index is 681. The van der Waals surface area contributed by atoms with E-state index < -0.39 is 0 Å². The largest absolute Gasteiger partial charge is 0.357 e. The summed E-state index contributed by atoms with van der Waals surface area (Å²) in [5, 5.41) is 9.07. The second-order valence-corrected chi connectivity index (χ2v) is 8.21. The number of hydrogen-bond acceptors (Lipinski definition) is 5. The Morgan fingerprint density at radius 1 is 1.08 bits per heavy atom. The van der Waals surface area contributed by atoms with E-state index in [0.29, 0.717) is 0 Å². The fraction of sp³-hybridized carbons (Fsp3) is 0.611. The summed E-state index contributed by atoms with van der Waals surface area (Å²) in [6.07, 6.45) is 5.88. The van der Waals surface area contributed by atoms with Crippen LogP contribution in [0.2, 0.25) is 0 Å². The topological polar surface area (TPSA) is 62.2 Å². The van der Waals surface area contributed by atoms with Gasteiger partial charge in [0.15, 0.2) is 5.96 Å². The molecule has 0 aliphatic heterocycles. The molecule has 0 saturated carbocycles. The van der Waals surface area contributed by atoms with Crippen LogP contribution in [0.15, 0.2) is 11.2 Å². The molecule has 0 radical (unpaired) electrons. The first-order valence-corrected chi connectivity index (χ1v) is 10.7. The Labute approximate surface area is 182 Å². The van der Waals surface area contributed by atoms with Crippen molar-refractivity contribution in [2.24, 2.45) is 4.99 Å². The van der Waals surface area contributed by atoms with Crippen LogP contribution in [0.5, 0.6) is 0 Å². The van der Waals surface area contributed by atoms with Crippen molar-refractivity contribution in [2.75, 3.05) is 19.6 Å². The second-order valence-electron chi connectivity index (χ2n) is 5.73. The van der Waals surface area contributed by atoms with Gasteiger partial charge in [-0.3, -0.25) is 4.99 Å². The van der Waals surface area contributed by atoms with Gasteiger partial charge >= 0.3 is 0 Å². The molecular weight excluding hydrogens is 477 g/mol. The lowest BCUT2D eigenvalue weighted by molar-refractivity contribution is 0.793. The normalized spacial score (nSPS) is 11.3. The van der Waals surface area contributed by atoms with E-state index in [0.717, 1.165) is 51.3 Å². The molecule has 0 unspecified atom stereocenters. The van der Waals surface area contributed by atoms with Gasteiger partial charge in [-0.1, -0.05) is 13.8 Å². The third-order valence-electron chi connectivity index (χ3n) is 3.79. The Morgan fingerprint density at radius 3 is 2.50 bits per heavy atom. The van der Waals surface area contributed by atoms with E-state index in [1.165, 1.54) is 25.5 Å². The number of guanidine groups is 1. The zero-order valence-corrected chi connectivity index (χ0v) is 20.1. The zero-order chi connectivity index (χ0) is 18.1. The molecule has 5 nitrogen and oxygen atoms in total. The molecule has 146 valence electrons. The van der Waals surface area contributed by atoms with Crippen LogP contribution in [0.1, 0.15) is 46.2 Å². The van der Waals surface area contributed by atoms with Gasteiger partial charge in [0.05, 0.1) is 15.7 Å². The summed E-state index contributed by atoms with van der Waals surface area (Å²) >= 11 is 3.60. The van der Waals surface area contributed by atoms with Gasteiger partial charge in [-0.05, 0) is 26.7 Å². The van der Waals surface area contributed by atoms with Crippen LogP contribution in [0.4, 0.5) is 0 Å². The van der Waals surface area contributed by atoms with Crippen molar-refractivity contribution in [3.05, 3.63) is 31.7 Å². The van der Waals surface area contributed by atoms with Crippen LogP contribution in [-0.2, 0) is 25.7 Å². The lowest BCUT2D eigenvalue weighted by Crippen LogP contribution is -2.38. The molecule has 26 heavy (non-hydrogen) atoms. The minimum atomic E-state index is 0. The quantitative estimate of drug-likeness (QED) is 0.306. The van der Waals surface area contributed by atoms with E-state index in [-0.39, 0.29) is 24.0 Å². The van der Waals surface area contributed by atoms with Crippen LogP contribution in [-0.4, -0.2) is 35.6 Å². The maximum Gasteiger partial charge on any atom is 0.191 e. The van der Waals surface area contributed by atoms with Crippen molar-refractivity contribution in [3.63, 3.8) is 0 Å². The molecule has 0 spiro atoms. The molecule has 2 heterocycles. The number of rotatable bonds is 9.